The van der Waals surface area contributed by atoms with Crippen LogP contribution < -0.4 is 15.4 Å². The van der Waals surface area contributed by atoms with E-state index in [9.17, 15) is 4.79 Å². The Labute approximate surface area is 166 Å². The van der Waals surface area contributed by atoms with Crippen LogP contribution in [0.25, 0.3) is 0 Å². The first-order valence-electron chi connectivity index (χ1n) is 8.30. The molecular weight excluding hydrogens is 380 g/mol. The summed E-state index contributed by atoms with van der Waals surface area (Å²) in [5.41, 5.74) is 3.20. The molecule has 3 aromatic rings. The normalized spacial score (nSPS) is 10.4. The van der Waals surface area contributed by atoms with Gasteiger partial charge >= 0.3 is 6.03 Å². The van der Waals surface area contributed by atoms with Crippen molar-refractivity contribution in [2.45, 2.75) is 18.4 Å². The van der Waals surface area contributed by atoms with Crippen LogP contribution in [0.1, 0.15) is 16.1 Å². The summed E-state index contributed by atoms with van der Waals surface area (Å²) < 4.78 is 5.14. The molecule has 0 aliphatic carbocycles. The molecule has 0 radical (unpaired) electrons. The van der Waals surface area contributed by atoms with Crippen LogP contribution in [-0.4, -0.2) is 23.3 Å². The molecule has 0 unspecified atom stereocenters. The van der Waals surface area contributed by atoms with Crippen LogP contribution in [-0.2, 0) is 11.5 Å². The first kappa shape index (κ1) is 19.2. The van der Waals surface area contributed by atoms with E-state index in [4.69, 9.17) is 4.74 Å². The van der Waals surface area contributed by atoms with Crippen LogP contribution in [0, 0.1) is 6.92 Å². The number of hydrogen-bond acceptors (Lipinski definition) is 6. The van der Waals surface area contributed by atoms with Crippen molar-refractivity contribution in [1.82, 2.24) is 10.2 Å². The third kappa shape index (κ3) is 5.97. The summed E-state index contributed by atoms with van der Waals surface area (Å²) in [7, 11) is 1.58. The molecule has 0 atom stereocenters. The average Bonchev–Trinajstić information content (AvgIpc) is 3.09. The molecule has 0 spiro atoms. The Balaban J connectivity index is 1.47. The highest BCUT2D eigenvalue weighted by Gasteiger charge is 2.09. The fraction of sp³-hybridized carbons (Fsp3) is 0.211. The lowest BCUT2D eigenvalue weighted by molar-refractivity contribution is 0.262. The highest BCUT2D eigenvalue weighted by Crippen LogP contribution is 2.23. The van der Waals surface area contributed by atoms with E-state index in [2.05, 4.69) is 52.0 Å². The molecule has 0 saturated carbocycles. The van der Waals surface area contributed by atoms with Gasteiger partial charge in [-0.25, -0.2) is 4.79 Å². The molecule has 0 bridgehead atoms. The maximum atomic E-state index is 12.1. The Morgan fingerprint density at radius 3 is 2.78 bits per heavy atom. The lowest BCUT2D eigenvalue weighted by atomic mass is 10.2. The van der Waals surface area contributed by atoms with Gasteiger partial charge in [-0.15, -0.1) is 22.0 Å². The van der Waals surface area contributed by atoms with Crippen molar-refractivity contribution in [2.24, 2.45) is 0 Å². The van der Waals surface area contributed by atoms with E-state index in [1.54, 1.807) is 31.0 Å². The van der Waals surface area contributed by atoms with Crippen LogP contribution in [0.3, 0.4) is 0 Å². The number of hydrogen-bond donors (Lipinski definition) is 2. The average molecular weight is 401 g/mol. The van der Waals surface area contributed by atoms with Crippen molar-refractivity contribution in [1.29, 1.82) is 0 Å². The van der Waals surface area contributed by atoms with Gasteiger partial charge in [-0.2, -0.15) is 0 Å². The number of aryl methyl sites for hydroxylation is 1. The third-order valence-electron chi connectivity index (χ3n) is 3.59. The zero-order valence-corrected chi connectivity index (χ0v) is 16.7. The number of carbonyl (C=O) groups excluding carboxylic acids is 1. The molecule has 1 heterocycles. The molecule has 1 aromatic heterocycles. The fourth-order valence-electron chi connectivity index (χ4n) is 2.38. The number of carbonyl (C=O) groups is 1. The Hall–Kier alpha value is -2.58. The topological polar surface area (TPSA) is 76.1 Å². The lowest BCUT2D eigenvalue weighted by Crippen LogP contribution is -2.19. The van der Waals surface area contributed by atoms with Gasteiger partial charge in [0.15, 0.2) is 0 Å². The Kier molecular flexibility index (Phi) is 6.67. The predicted molar refractivity (Wildman–Crippen MR) is 112 cm³/mol. The molecule has 27 heavy (non-hydrogen) atoms. The summed E-state index contributed by atoms with van der Waals surface area (Å²) in [6.45, 7) is 2.09. The van der Waals surface area contributed by atoms with Gasteiger partial charge in [-0.1, -0.05) is 47.2 Å². The van der Waals surface area contributed by atoms with E-state index in [1.807, 2.05) is 12.1 Å². The van der Waals surface area contributed by atoms with Crippen molar-refractivity contribution < 1.29 is 9.53 Å². The third-order valence-corrected chi connectivity index (χ3v) is 5.63. The minimum Gasteiger partial charge on any atom is -0.497 e. The monoisotopic (exact) mass is 400 g/mol. The van der Waals surface area contributed by atoms with Crippen molar-refractivity contribution in [3.05, 3.63) is 64.7 Å². The molecule has 3 rings (SSSR count). The van der Waals surface area contributed by atoms with Gasteiger partial charge in [0.1, 0.15) is 10.8 Å². The molecule has 2 amide bonds. The number of benzene rings is 2. The molecule has 0 aliphatic heterocycles. The zero-order valence-electron chi connectivity index (χ0n) is 15.1. The van der Waals surface area contributed by atoms with E-state index in [0.717, 1.165) is 16.5 Å². The van der Waals surface area contributed by atoms with Crippen LogP contribution in [0.2, 0.25) is 0 Å². The second kappa shape index (κ2) is 9.38. The number of amides is 2. The number of thioether (sulfide) groups is 1. The van der Waals surface area contributed by atoms with Crippen LogP contribution in [0.4, 0.5) is 15.6 Å². The summed E-state index contributed by atoms with van der Waals surface area (Å²) in [4.78, 5) is 12.1. The summed E-state index contributed by atoms with van der Waals surface area (Å²) in [6.07, 6.45) is 0. The van der Waals surface area contributed by atoms with Gasteiger partial charge in [-0.05, 0) is 24.6 Å². The number of methoxy groups -OCH3 is 1. The standard InChI is InChI=1S/C19H20N4O2S2/c1-13-5-3-6-14(9-13)11-26-12-17-22-23-19(27-17)21-18(24)20-15-7-4-8-16(10-15)25-2/h3-10H,11-12H2,1-2H3,(H2,20,21,23,24). The highest BCUT2D eigenvalue weighted by molar-refractivity contribution is 7.97. The number of anilines is 2. The van der Waals surface area contributed by atoms with Crippen LogP contribution >= 0.6 is 23.1 Å². The molecule has 0 fully saturated rings. The smallest absolute Gasteiger partial charge is 0.325 e. The summed E-state index contributed by atoms with van der Waals surface area (Å²) in [5.74, 6) is 2.35. The van der Waals surface area contributed by atoms with Crippen molar-refractivity contribution in [3.8, 4) is 5.75 Å². The minimum absolute atomic E-state index is 0.363. The van der Waals surface area contributed by atoms with E-state index in [-0.39, 0.29) is 6.03 Å². The van der Waals surface area contributed by atoms with Gasteiger partial charge in [0.2, 0.25) is 5.13 Å². The van der Waals surface area contributed by atoms with Crippen molar-refractivity contribution >= 4 is 39.9 Å². The second-order valence-electron chi connectivity index (χ2n) is 5.79. The van der Waals surface area contributed by atoms with E-state index in [1.165, 1.54) is 22.5 Å². The van der Waals surface area contributed by atoms with Crippen molar-refractivity contribution in [2.75, 3.05) is 17.7 Å². The van der Waals surface area contributed by atoms with Gasteiger partial charge in [-0.3, -0.25) is 5.32 Å². The largest absolute Gasteiger partial charge is 0.497 e. The van der Waals surface area contributed by atoms with E-state index >= 15 is 0 Å². The first-order chi connectivity index (χ1) is 13.1. The number of nitrogens with zero attached hydrogens (tertiary/aromatic N) is 2. The van der Waals surface area contributed by atoms with Gasteiger partial charge in [0.05, 0.1) is 7.11 Å². The summed E-state index contributed by atoms with van der Waals surface area (Å²) >= 11 is 3.15. The van der Waals surface area contributed by atoms with Gasteiger partial charge < -0.3 is 10.1 Å². The number of ether oxygens (including phenoxy) is 1. The molecule has 2 N–H and O–H groups in total. The summed E-state index contributed by atoms with van der Waals surface area (Å²) in [6, 6.07) is 15.3. The Morgan fingerprint density at radius 2 is 1.96 bits per heavy atom. The number of aromatic nitrogens is 2. The molecular formula is C19H20N4O2S2. The molecule has 0 saturated heterocycles. The van der Waals surface area contributed by atoms with E-state index < -0.39 is 0 Å². The quantitative estimate of drug-likeness (QED) is 0.588. The maximum absolute atomic E-state index is 12.1. The predicted octanol–water partition coefficient (Wildman–Crippen LogP) is 4.93. The number of urea groups is 1. The minimum atomic E-state index is -0.363. The first-order valence-corrected chi connectivity index (χ1v) is 10.3. The van der Waals surface area contributed by atoms with Gasteiger partial charge in [0, 0.05) is 23.3 Å². The second-order valence-corrected chi connectivity index (χ2v) is 7.84. The highest BCUT2D eigenvalue weighted by atomic mass is 32.2. The molecule has 6 nitrogen and oxygen atoms in total. The maximum Gasteiger partial charge on any atom is 0.325 e. The Morgan fingerprint density at radius 1 is 1.11 bits per heavy atom. The number of rotatable bonds is 7. The van der Waals surface area contributed by atoms with Crippen molar-refractivity contribution in [3.63, 3.8) is 0 Å². The van der Waals surface area contributed by atoms with Gasteiger partial charge in [0.25, 0.3) is 0 Å². The zero-order chi connectivity index (χ0) is 19.1. The fourth-order valence-corrected chi connectivity index (χ4v) is 4.15. The summed E-state index contributed by atoms with van der Waals surface area (Å²) in [5, 5.41) is 15.0. The van der Waals surface area contributed by atoms with Crippen LogP contribution in [0.15, 0.2) is 48.5 Å². The van der Waals surface area contributed by atoms with E-state index in [0.29, 0.717) is 16.6 Å². The van der Waals surface area contributed by atoms with Crippen LogP contribution in [0.5, 0.6) is 5.75 Å². The molecule has 8 heteroatoms. The molecule has 140 valence electrons. The molecule has 0 aliphatic rings. The molecule has 2 aromatic carbocycles. The SMILES string of the molecule is COc1cccc(NC(=O)Nc2nnc(CSCc3cccc(C)c3)s2)c1. The lowest BCUT2D eigenvalue weighted by Gasteiger charge is -2.06. The Bertz CT molecular complexity index is 914. The number of nitrogens with one attached hydrogen (secondary N) is 2.